The summed E-state index contributed by atoms with van der Waals surface area (Å²) < 4.78 is 40.3. The third kappa shape index (κ3) is 3.83. The van der Waals surface area contributed by atoms with Crippen molar-refractivity contribution in [2.45, 2.75) is 25.2 Å². The van der Waals surface area contributed by atoms with Crippen LogP contribution in [0.25, 0.3) is 0 Å². The number of anilines is 1. The smallest absolute Gasteiger partial charge is 0.243 e. The second-order valence-electron chi connectivity index (χ2n) is 7.01. The molecule has 2 unspecified atom stereocenters. The summed E-state index contributed by atoms with van der Waals surface area (Å²) in [7, 11) is 0. The van der Waals surface area contributed by atoms with Gasteiger partial charge in [0.2, 0.25) is 5.91 Å². The van der Waals surface area contributed by atoms with Gasteiger partial charge in [0.1, 0.15) is 24.4 Å². The van der Waals surface area contributed by atoms with Crippen LogP contribution >= 0.6 is 0 Å². The van der Waals surface area contributed by atoms with Crippen molar-refractivity contribution in [3.63, 3.8) is 0 Å². The van der Waals surface area contributed by atoms with E-state index in [1.54, 1.807) is 6.07 Å². The predicted molar refractivity (Wildman–Crippen MR) is 105 cm³/mol. The Morgan fingerprint density at radius 2 is 1.66 bits per heavy atom. The van der Waals surface area contributed by atoms with Gasteiger partial charge in [0, 0.05) is 18.2 Å². The van der Waals surface area contributed by atoms with Crippen molar-refractivity contribution in [3.8, 4) is 0 Å². The number of rotatable bonds is 5. The number of carbonyl (C=O) groups is 1. The summed E-state index contributed by atoms with van der Waals surface area (Å²) in [5.74, 6) is -1.56. The topological polar surface area (TPSA) is 41.1 Å². The third-order valence-electron chi connectivity index (χ3n) is 5.20. The lowest BCUT2D eigenvalue weighted by atomic mass is 9.87. The van der Waals surface area contributed by atoms with Crippen molar-refractivity contribution in [2.75, 3.05) is 5.32 Å². The summed E-state index contributed by atoms with van der Waals surface area (Å²) in [6.07, 6.45) is 0. The molecule has 29 heavy (non-hydrogen) atoms. The van der Waals surface area contributed by atoms with E-state index in [0.717, 1.165) is 11.6 Å². The van der Waals surface area contributed by atoms with Crippen molar-refractivity contribution in [2.24, 2.45) is 0 Å². The third-order valence-corrected chi connectivity index (χ3v) is 5.20. The van der Waals surface area contributed by atoms with Gasteiger partial charge in [-0.25, -0.2) is 13.2 Å². The molecule has 0 saturated heterocycles. The molecule has 0 aromatic heterocycles. The molecule has 0 fully saturated rings. The first-order chi connectivity index (χ1) is 14.1. The van der Waals surface area contributed by atoms with Gasteiger partial charge >= 0.3 is 0 Å². The Bertz CT molecular complexity index is 1040. The summed E-state index contributed by atoms with van der Waals surface area (Å²) in [5, 5.41) is 5.97. The van der Waals surface area contributed by atoms with Crippen LogP contribution in [0.15, 0.2) is 66.7 Å². The van der Waals surface area contributed by atoms with Crippen LogP contribution in [0.2, 0.25) is 0 Å². The van der Waals surface area contributed by atoms with E-state index in [0.29, 0.717) is 16.8 Å². The zero-order chi connectivity index (χ0) is 20.4. The average Bonchev–Trinajstić information content (AvgIpc) is 3.11. The molecule has 1 aliphatic rings. The van der Waals surface area contributed by atoms with Gasteiger partial charge in [0.25, 0.3) is 0 Å². The lowest BCUT2D eigenvalue weighted by Crippen LogP contribution is -2.40. The molecule has 4 rings (SSSR count). The van der Waals surface area contributed by atoms with Crippen LogP contribution in [0.3, 0.4) is 0 Å². The van der Waals surface area contributed by atoms with Crippen molar-refractivity contribution in [1.29, 1.82) is 0 Å². The molecule has 3 aromatic carbocycles. The van der Waals surface area contributed by atoms with Crippen LogP contribution in [0.4, 0.5) is 18.9 Å². The van der Waals surface area contributed by atoms with Crippen molar-refractivity contribution in [1.82, 2.24) is 5.32 Å². The quantitative estimate of drug-likeness (QED) is 0.658. The summed E-state index contributed by atoms with van der Waals surface area (Å²) in [6, 6.07) is 17.0. The molecular weight excluding hydrogens is 377 g/mol. The van der Waals surface area contributed by atoms with Crippen LogP contribution in [0.5, 0.6) is 0 Å². The molecule has 2 N–H and O–H groups in total. The maximum atomic E-state index is 13.9. The van der Waals surface area contributed by atoms with Crippen molar-refractivity contribution in [3.05, 3.63) is 101 Å². The van der Waals surface area contributed by atoms with Crippen molar-refractivity contribution < 1.29 is 18.0 Å². The number of carbonyl (C=O) groups excluding carboxylic acids is 1. The van der Waals surface area contributed by atoms with Gasteiger partial charge in [0.05, 0.1) is 0 Å². The minimum atomic E-state index is -0.817. The van der Waals surface area contributed by atoms with E-state index < -0.39 is 18.5 Å². The Morgan fingerprint density at radius 3 is 2.41 bits per heavy atom. The van der Waals surface area contributed by atoms with Gasteiger partial charge in [-0.05, 0) is 52.6 Å². The van der Waals surface area contributed by atoms with Crippen LogP contribution in [0.1, 0.15) is 28.2 Å². The lowest BCUT2D eigenvalue weighted by Gasteiger charge is -2.21. The Balaban J connectivity index is 1.59. The van der Waals surface area contributed by atoms with Crippen LogP contribution in [0, 0.1) is 11.6 Å². The van der Waals surface area contributed by atoms with Gasteiger partial charge in [0.15, 0.2) is 0 Å². The van der Waals surface area contributed by atoms with Crippen molar-refractivity contribution >= 4 is 11.6 Å². The van der Waals surface area contributed by atoms with E-state index in [1.165, 1.54) is 24.3 Å². The Labute approximate surface area is 166 Å². The highest BCUT2D eigenvalue weighted by Gasteiger charge is 2.38. The molecule has 0 bridgehead atoms. The molecular formula is C23H19F3N2O. The summed E-state index contributed by atoms with van der Waals surface area (Å²) in [6.45, 7) is -0.745. The van der Waals surface area contributed by atoms with Gasteiger partial charge in [-0.1, -0.05) is 36.4 Å². The molecule has 6 heteroatoms. The summed E-state index contributed by atoms with van der Waals surface area (Å²) in [5.41, 5.74) is 3.01. The lowest BCUT2D eigenvalue weighted by molar-refractivity contribution is -0.122. The van der Waals surface area contributed by atoms with Crippen LogP contribution < -0.4 is 10.6 Å². The fourth-order valence-corrected chi connectivity index (χ4v) is 3.79. The number of alkyl halides is 1. The largest absolute Gasteiger partial charge is 0.373 e. The minimum absolute atomic E-state index is 0.0722. The van der Waals surface area contributed by atoms with E-state index in [-0.39, 0.29) is 29.8 Å². The fraction of sp³-hybridized carbons (Fsp3) is 0.174. The number of benzene rings is 3. The first-order valence-electron chi connectivity index (χ1n) is 9.28. The molecule has 3 aromatic rings. The molecule has 0 aliphatic carbocycles. The second kappa shape index (κ2) is 7.99. The normalized spacial score (nSPS) is 17.5. The number of hydrogen-bond acceptors (Lipinski definition) is 2. The zero-order valence-electron chi connectivity index (χ0n) is 15.5. The summed E-state index contributed by atoms with van der Waals surface area (Å²) >= 11 is 0. The number of halogens is 3. The SMILES string of the molecule is O=C(NCc1ccc(F)cc1CF)C1Nc2ccc(F)cc2C1c1ccccc1. The molecule has 1 amide bonds. The second-order valence-corrected chi connectivity index (χ2v) is 7.01. The molecule has 3 nitrogen and oxygen atoms in total. The minimum Gasteiger partial charge on any atom is -0.373 e. The molecule has 2 atom stereocenters. The van der Waals surface area contributed by atoms with E-state index >= 15 is 0 Å². The first-order valence-corrected chi connectivity index (χ1v) is 9.28. The Hall–Kier alpha value is -3.28. The molecule has 0 spiro atoms. The predicted octanol–water partition coefficient (Wildman–Crippen LogP) is 4.68. The molecule has 0 saturated carbocycles. The average molecular weight is 396 g/mol. The Morgan fingerprint density at radius 1 is 0.931 bits per heavy atom. The molecule has 148 valence electrons. The standard InChI is InChI=1S/C23H19F3N2O/c24-12-16-10-17(25)7-6-15(16)13-27-23(29)22-21(14-4-2-1-3-5-14)19-11-18(26)8-9-20(19)28-22/h1-11,21-22,28H,12-13H2,(H,27,29). The van der Waals surface area contributed by atoms with Gasteiger partial charge in [-0.3, -0.25) is 4.79 Å². The first kappa shape index (κ1) is 19.1. The van der Waals surface area contributed by atoms with Gasteiger partial charge < -0.3 is 10.6 Å². The van der Waals surface area contributed by atoms with Gasteiger partial charge in [-0.2, -0.15) is 0 Å². The molecule has 1 aliphatic heterocycles. The highest BCUT2D eigenvalue weighted by Crippen LogP contribution is 2.40. The molecule has 0 radical (unpaired) electrons. The van der Waals surface area contributed by atoms with E-state index in [1.807, 2.05) is 30.3 Å². The Kier molecular flexibility index (Phi) is 5.25. The fourth-order valence-electron chi connectivity index (χ4n) is 3.79. The molecule has 1 heterocycles. The number of amides is 1. The maximum Gasteiger partial charge on any atom is 0.243 e. The highest BCUT2D eigenvalue weighted by molar-refractivity contribution is 5.89. The monoisotopic (exact) mass is 396 g/mol. The number of fused-ring (bicyclic) bond motifs is 1. The van der Waals surface area contributed by atoms with Crippen LogP contribution in [-0.4, -0.2) is 11.9 Å². The van der Waals surface area contributed by atoms with Crippen LogP contribution in [-0.2, 0) is 18.0 Å². The summed E-state index contributed by atoms with van der Waals surface area (Å²) in [4.78, 5) is 13.0. The van der Waals surface area contributed by atoms with E-state index in [2.05, 4.69) is 10.6 Å². The maximum absolute atomic E-state index is 13.9. The van der Waals surface area contributed by atoms with E-state index in [9.17, 15) is 18.0 Å². The number of nitrogens with one attached hydrogen (secondary N) is 2. The zero-order valence-corrected chi connectivity index (χ0v) is 15.5. The van der Waals surface area contributed by atoms with E-state index in [4.69, 9.17) is 0 Å². The number of hydrogen-bond donors (Lipinski definition) is 2. The van der Waals surface area contributed by atoms with Gasteiger partial charge in [-0.15, -0.1) is 0 Å². The highest BCUT2D eigenvalue weighted by atomic mass is 19.1.